The van der Waals surface area contributed by atoms with E-state index < -0.39 is 0 Å². The maximum atomic E-state index is 8.87. The number of hydrogen-bond donors (Lipinski definition) is 3. The summed E-state index contributed by atoms with van der Waals surface area (Å²) in [6, 6.07) is 5.38. The number of methoxy groups -OCH3 is 1. The summed E-state index contributed by atoms with van der Waals surface area (Å²) in [6.07, 6.45) is 0. The van der Waals surface area contributed by atoms with Crippen LogP contribution in [0.25, 0.3) is 11.4 Å². The van der Waals surface area contributed by atoms with Gasteiger partial charge < -0.3 is 15.6 Å². The molecule has 0 aliphatic carbocycles. The highest BCUT2D eigenvalue weighted by Crippen LogP contribution is 2.30. The SMILES string of the molecule is COc1cccc(-c2nc(CO)n[nH]2)c1N. The van der Waals surface area contributed by atoms with E-state index in [1.54, 1.807) is 19.2 Å². The lowest BCUT2D eigenvalue weighted by Gasteiger charge is -2.07. The summed E-state index contributed by atoms with van der Waals surface area (Å²) in [4.78, 5) is 4.08. The Hall–Kier alpha value is -2.08. The summed E-state index contributed by atoms with van der Waals surface area (Å²) in [5.41, 5.74) is 7.09. The number of aromatic nitrogens is 3. The van der Waals surface area contributed by atoms with Gasteiger partial charge in [-0.2, -0.15) is 5.10 Å². The number of rotatable bonds is 3. The molecule has 2 aromatic rings. The fourth-order valence-corrected chi connectivity index (χ4v) is 1.42. The zero-order valence-electron chi connectivity index (χ0n) is 8.77. The highest BCUT2D eigenvalue weighted by Gasteiger charge is 2.11. The van der Waals surface area contributed by atoms with E-state index in [2.05, 4.69) is 15.2 Å². The topological polar surface area (TPSA) is 97.0 Å². The highest BCUT2D eigenvalue weighted by molar-refractivity contribution is 5.76. The van der Waals surface area contributed by atoms with Crippen LogP contribution in [-0.4, -0.2) is 27.4 Å². The Morgan fingerprint density at radius 1 is 1.50 bits per heavy atom. The van der Waals surface area contributed by atoms with Gasteiger partial charge in [0.2, 0.25) is 0 Å². The van der Waals surface area contributed by atoms with Crippen molar-refractivity contribution in [2.45, 2.75) is 6.61 Å². The second-order valence-electron chi connectivity index (χ2n) is 3.18. The third kappa shape index (κ3) is 1.70. The maximum absolute atomic E-state index is 8.87. The summed E-state index contributed by atoms with van der Waals surface area (Å²) >= 11 is 0. The number of nitrogens with one attached hydrogen (secondary N) is 1. The van der Waals surface area contributed by atoms with E-state index in [-0.39, 0.29) is 6.61 Å². The summed E-state index contributed by atoms with van der Waals surface area (Å²) in [6.45, 7) is -0.208. The Kier molecular flexibility index (Phi) is 2.74. The average molecular weight is 220 g/mol. The third-order valence-electron chi connectivity index (χ3n) is 2.21. The summed E-state index contributed by atoms with van der Waals surface area (Å²) in [5, 5.41) is 15.4. The van der Waals surface area contributed by atoms with Crippen LogP contribution in [0.15, 0.2) is 18.2 Å². The van der Waals surface area contributed by atoms with E-state index in [4.69, 9.17) is 15.6 Å². The van der Waals surface area contributed by atoms with Gasteiger partial charge in [-0.3, -0.25) is 5.10 Å². The quantitative estimate of drug-likeness (QED) is 0.656. The number of ether oxygens (including phenoxy) is 1. The predicted octanol–water partition coefficient (Wildman–Crippen LogP) is 0.555. The minimum atomic E-state index is -0.208. The Morgan fingerprint density at radius 2 is 2.31 bits per heavy atom. The van der Waals surface area contributed by atoms with Gasteiger partial charge in [0.05, 0.1) is 12.8 Å². The van der Waals surface area contributed by atoms with Gasteiger partial charge in [0.25, 0.3) is 0 Å². The van der Waals surface area contributed by atoms with E-state index in [0.717, 1.165) is 0 Å². The summed E-state index contributed by atoms with van der Waals surface area (Å²) in [7, 11) is 1.55. The molecule has 6 nitrogen and oxygen atoms in total. The molecule has 1 aromatic heterocycles. The van der Waals surface area contributed by atoms with Crippen molar-refractivity contribution in [3.8, 4) is 17.1 Å². The number of H-pyrrole nitrogens is 1. The van der Waals surface area contributed by atoms with Crippen LogP contribution in [0.1, 0.15) is 5.82 Å². The van der Waals surface area contributed by atoms with Gasteiger partial charge in [0.15, 0.2) is 11.6 Å². The minimum Gasteiger partial charge on any atom is -0.495 e. The first-order chi connectivity index (χ1) is 7.76. The summed E-state index contributed by atoms with van der Waals surface area (Å²) in [5.74, 6) is 1.43. The lowest BCUT2D eigenvalue weighted by atomic mass is 10.1. The fraction of sp³-hybridized carbons (Fsp3) is 0.200. The van der Waals surface area contributed by atoms with Gasteiger partial charge in [-0.15, -0.1) is 0 Å². The lowest BCUT2D eigenvalue weighted by molar-refractivity contribution is 0.272. The number of para-hydroxylation sites is 1. The number of nitrogens with two attached hydrogens (primary N) is 1. The Morgan fingerprint density at radius 3 is 2.94 bits per heavy atom. The van der Waals surface area contributed by atoms with Crippen LogP contribution in [0, 0.1) is 0 Å². The van der Waals surface area contributed by atoms with E-state index in [0.29, 0.717) is 28.6 Å². The molecule has 4 N–H and O–H groups in total. The van der Waals surface area contributed by atoms with Crippen molar-refractivity contribution in [3.63, 3.8) is 0 Å². The van der Waals surface area contributed by atoms with Crippen molar-refractivity contribution in [2.75, 3.05) is 12.8 Å². The molecule has 0 aliphatic rings. The Bertz CT molecular complexity index is 495. The standard InChI is InChI=1S/C10H12N4O2/c1-16-7-4-2-3-6(9(7)11)10-12-8(5-15)13-14-10/h2-4,15H,5,11H2,1H3,(H,12,13,14). The fourth-order valence-electron chi connectivity index (χ4n) is 1.42. The second-order valence-corrected chi connectivity index (χ2v) is 3.18. The van der Waals surface area contributed by atoms with Gasteiger partial charge in [-0.25, -0.2) is 4.98 Å². The number of hydrogen-bond acceptors (Lipinski definition) is 5. The van der Waals surface area contributed by atoms with E-state index in [1.807, 2.05) is 6.07 Å². The summed E-state index contributed by atoms with van der Waals surface area (Å²) < 4.78 is 5.10. The monoisotopic (exact) mass is 220 g/mol. The number of nitrogens with zero attached hydrogens (tertiary/aromatic N) is 2. The van der Waals surface area contributed by atoms with Crippen molar-refractivity contribution in [2.24, 2.45) is 0 Å². The average Bonchev–Trinajstić information content (AvgIpc) is 2.78. The number of benzene rings is 1. The molecule has 0 amide bonds. The lowest BCUT2D eigenvalue weighted by Crippen LogP contribution is -1.96. The zero-order chi connectivity index (χ0) is 11.5. The van der Waals surface area contributed by atoms with Crippen molar-refractivity contribution < 1.29 is 9.84 Å². The zero-order valence-corrected chi connectivity index (χ0v) is 8.77. The van der Waals surface area contributed by atoms with Crippen molar-refractivity contribution >= 4 is 5.69 Å². The molecule has 0 unspecified atom stereocenters. The molecule has 0 saturated carbocycles. The molecule has 0 aliphatic heterocycles. The smallest absolute Gasteiger partial charge is 0.176 e. The van der Waals surface area contributed by atoms with Crippen LogP contribution in [0.4, 0.5) is 5.69 Å². The third-order valence-corrected chi connectivity index (χ3v) is 2.21. The predicted molar refractivity (Wildman–Crippen MR) is 58.7 cm³/mol. The van der Waals surface area contributed by atoms with Crippen LogP contribution >= 0.6 is 0 Å². The Balaban J connectivity index is 2.47. The molecule has 84 valence electrons. The first kappa shape index (κ1) is 10.4. The highest BCUT2D eigenvalue weighted by atomic mass is 16.5. The Labute approximate surface area is 92.1 Å². The van der Waals surface area contributed by atoms with Crippen molar-refractivity contribution in [1.29, 1.82) is 0 Å². The van der Waals surface area contributed by atoms with Crippen LogP contribution in [0.5, 0.6) is 5.75 Å². The van der Waals surface area contributed by atoms with Crippen LogP contribution in [0.2, 0.25) is 0 Å². The molecular weight excluding hydrogens is 208 g/mol. The maximum Gasteiger partial charge on any atom is 0.176 e. The number of nitrogen functional groups attached to an aromatic ring is 1. The van der Waals surface area contributed by atoms with Crippen molar-refractivity contribution in [3.05, 3.63) is 24.0 Å². The number of aliphatic hydroxyl groups is 1. The van der Waals surface area contributed by atoms with E-state index in [1.165, 1.54) is 0 Å². The van der Waals surface area contributed by atoms with Gasteiger partial charge in [0.1, 0.15) is 12.4 Å². The van der Waals surface area contributed by atoms with Crippen molar-refractivity contribution in [1.82, 2.24) is 15.2 Å². The van der Waals surface area contributed by atoms with Gasteiger partial charge in [-0.05, 0) is 12.1 Å². The van der Waals surface area contributed by atoms with Gasteiger partial charge in [-0.1, -0.05) is 6.07 Å². The molecule has 0 atom stereocenters. The first-order valence-electron chi connectivity index (χ1n) is 4.71. The van der Waals surface area contributed by atoms with E-state index >= 15 is 0 Å². The molecule has 0 fully saturated rings. The molecule has 16 heavy (non-hydrogen) atoms. The molecular formula is C10H12N4O2. The van der Waals surface area contributed by atoms with Crippen LogP contribution < -0.4 is 10.5 Å². The molecule has 0 spiro atoms. The molecule has 1 aromatic carbocycles. The molecule has 0 radical (unpaired) electrons. The van der Waals surface area contributed by atoms with Gasteiger partial charge in [0, 0.05) is 5.56 Å². The van der Waals surface area contributed by atoms with Gasteiger partial charge >= 0.3 is 0 Å². The molecule has 6 heteroatoms. The molecule has 0 saturated heterocycles. The van der Waals surface area contributed by atoms with Crippen LogP contribution in [0.3, 0.4) is 0 Å². The number of aliphatic hydroxyl groups excluding tert-OH is 1. The molecule has 0 bridgehead atoms. The molecule has 1 heterocycles. The van der Waals surface area contributed by atoms with Crippen LogP contribution in [-0.2, 0) is 6.61 Å². The second kappa shape index (κ2) is 4.19. The minimum absolute atomic E-state index is 0.208. The molecule has 2 rings (SSSR count). The number of anilines is 1. The van der Waals surface area contributed by atoms with E-state index in [9.17, 15) is 0 Å². The normalized spacial score (nSPS) is 10.4. The largest absolute Gasteiger partial charge is 0.495 e. The first-order valence-corrected chi connectivity index (χ1v) is 4.71. The number of aromatic amines is 1.